The molecular formula is C13H19N5O2. The van der Waals surface area contributed by atoms with Crippen molar-refractivity contribution >= 4 is 11.2 Å². The third-order valence-electron chi connectivity index (χ3n) is 4.09. The molecule has 3 heterocycles. The number of hydrogen-bond acceptors (Lipinski definition) is 4. The largest absolute Gasteiger partial charge is 0.336 e. The Morgan fingerprint density at radius 1 is 1.30 bits per heavy atom. The number of nitrogens with one attached hydrogen (secondary N) is 4. The van der Waals surface area contributed by atoms with Gasteiger partial charge in [0.1, 0.15) is 11.3 Å². The summed E-state index contributed by atoms with van der Waals surface area (Å²) < 4.78 is 0. The molecule has 7 heteroatoms. The fourth-order valence-corrected chi connectivity index (χ4v) is 2.91. The SMILES string of the molecule is CC(Cc1nc2[nH]c(=O)[nH]c(=O)c2[nH]1)C1CCCNC1. The van der Waals surface area contributed by atoms with Crippen molar-refractivity contribution in [2.75, 3.05) is 13.1 Å². The van der Waals surface area contributed by atoms with E-state index in [-0.39, 0.29) is 0 Å². The fourth-order valence-electron chi connectivity index (χ4n) is 2.91. The zero-order valence-electron chi connectivity index (χ0n) is 11.5. The molecule has 2 aromatic rings. The molecule has 1 saturated heterocycles. The van der Waals surface area contributed by atoms with Crippen molar-refractivity contribution < 1.29 is 0 Å². The van der Waals surface area contributed by atoms with Crippen molar-refractivity contribution in [3.05, 3.63) is 26.7 Å². The molecule has 0 radical (unpaired) electrons. The van der Waals surface area contributed by atoms with Crippen molar-refractivity contribution in [2.24, 2.45) is 11.8 Å². The summed E-state index contributed by atoms with van der Waals surface area (Å²) in [6.45, 7) is 4.35. The number of piperidine rings is 1. The normalized spacial score (nSPS) is 21.1. The van der Waals surface area contributed by atoms with Crippen molar-refractivity contribution in [3.8, 4) is 0 Å². The van der Waals surface area contributed by atoms with Gasteiger partial charge in [0.05, 0.1) is 0 Å². The Labute approximate surface area is 115 Å². The van der Waals surface area contributed by atoms with E-state index in [2.05, 4.69) is 32.2 Å². The van der Waals surface area contributed by atoms with Crippen LogP contribution in [0.5, 0.6) is 0 Å². The summed E-state index contributed by atoms with van der Waals surface area (Å²) in [5.41, 5.74) is -0.268. The van der Waals surface area contributed by atoms with Gasteiger partial charge in [-0.3, -0.25) is 14.8 Å². The van der Waals surface area contributed by atoms with E-state index in [1.54, 1.807) is 0 Å². The number of rotatable bonds is 3. The van der Waals surface area contributed by atoms with E-state index < -0.39 is 11.2 Å². The van der Waals surface area contributed by atoms with Crippen molar-refractivity contribution in [3.63, 3.8) is 0 Å². The van der Waals surface area contributed by atoms with Gasteiger partial charge in [0, 0.05) is 6.42 Å². The highest BCUT2D eigenvalue weighted by atomic mass is 16.2. The van der Waals surface area contributed by atoms with Gasteiger partial charge in [-0.25, -0.2) is 9.78 Å². The number of aromatic nitrogens is 4. The van der Waals surface area contributed by atoms with Gasteiger partial charge in [-0.05, 0) is 37.8 Å². The van der Waals surface area contributed by atoms with Crippen molar-refractivity contribution in [1.29, 1.82) is 0 Å². The highest BCUT2D eigenvalue weighted by molar-refractivity contribution is 5.68. The maximum Gasteiger partial charge on any atom is 0.327 e. The van der Waals surface area contributed by atoms with Crippen LogP contribution in [0.3, 0.4) is 0 Å². The Bertz CT molecular complexity index is 707. The molecule has 0 spiro atoms. The molecule has 0 bridgehead atoms. The maximum atomic E-state index is 11.6. The second kappa shape index (κ2) is 5.24. The van der Waals surface area contributed by atoms with Crippen LogP contribution >= 0.6 is 0 Å². The van der Waals surface area contributed by atoms with E-state index in [9.17, 15) is 9.59 Å². The highest BCUT2D eigenvalue weighted by Gasteiger charge is 2.21. The topological polar surface area (TPSA) is 106 Å². The number of imidazole rings is 1. The van der Waals surface area contributed by atoms with E-state index >= 15 is 0 Å². The van der Waals surface area contributed by atoms with Gasteiger partial charge in [0.15, 0.2) is 5.65 Å². The van der Waals surface area contributed by atoms with Gasteiger partial charge in [-0.15, -0.1) is 0 Å². The molecule has 1 fully saturated rings. The third-order valence-corrected chi connectivity index (χ3v) is 4.09. The van der Waals surface area contributed by atoms with Crippen LogP contribution in [0.1, 0.15) is 25.6 Å². The van der Waals surface area contributed by atoms with Crippen molar-refractivity contribution in [1.82, 2.24) is 25.3 Å². The van der Waals surface area contributed by atoms with Gasteiger partial charge in [0.2, 0.25) is 0 Å². The van der Waals surface area contributed by atoms with E-state index in [4.69, 9.17) is 0 Å². The minimum atomic E-state index is -0.523. The number of aromatic amines is 3. The Kier molecular flexibility index (Phi) is 3.43. The number of hydrogen-bond donors (Lipinski definition) is 4. The number of nitrogens with zero attached hydrogens (tertiary/aromatic N) is 1. The minimum Gasteiger partial charge on any atom is -0.336 e. The Morgan fingerprint density at radius 3 is 2.90 bits per heavy atom. The molecule has 3 rings (SSSR count). The summed E-state index contributed by atoms with van der Waals surface area (Å²) in [5, 5.41) is 3.41. The van der Waals surface area contributed by atoms with Crippen LogP contribution in [0.2, 0.25) is 0 Å². The first-order chi connectivity index (χ1) is 9.63. The molecule has 20 heavy (non-hydrogen) atoms. The zero-order chi connectivity index (χ0) is 14.1. The van der Waals surface area contributed by atoms with E-state index in [0.29, 0.717) is 23.0 Å². The first-order valence-electron chi connectivity index (χ1n) is 7.05. The fraction of sp³-hybridized carbons (Fsp3) is 0.615. The molecule has 0 aliphatic carbocycles. The van der Waals surface area contributed by atoms with Crippen LogP contribution in [0.25, 0.3) is 11.2 Å². The van der Waals surface area contributed by atoms with Crippen LogP contribution in [0.4, 0.5) is 0 Å². The molecule has 2 unspecified atom stereocenters. The smallest absolute Gasteiger partial charge is 0.327 e. The lowest BCUT2D eigenvalue weighted by molar-refractivity contribution is 0.276. The zero-order valence-corrected chi connectivity index (χ0v) is 11.5. The summed E-state index contributed by atoms with van der Waals surface area (Å²) >= 11 is 0. The minimum absolute atomic E-state index is 0.336. The number of fused-ring (bicyclic) bond motifs is 1. The quantitative estimate of drug-likeness (QED) is 0.639. The van der Waals surface area contributed by atoms with Crippen LogP contribution in [-0.2, 0) is 6.42 Å². The molecule has 0 amide bonds. The predicted molar refractivity (Wildman–Crippen MR) is 75.8 cm³/mol. The Morgan fingerprint density at radius 2 is 2.15 bits per heavy atom. The molecule has 108 valence electrons. The standard InChI is InChI=1S/C13H19N5O2/c1-7(8-3-2-4-14-6-8)5-9-15-10-11(16-9)17-13(20)18-12(10)19/h7-8,14H,2-6H2,1H3,(H3,15,16,17,18,19,20). The lowest BCUT2D eigenvalue weighted by Gasteiger charge is -2.27. The molecule has 2 aromatic heterocycles. The summed E-state index contributed by atoms with van der Waals surface area (Å²) in [4.78, 5) is 34.9. The third kappa shape index (κ3) is 2.53. The van der Waals surface area contributed by atoms with Crippen LogP contribution in [0.15, 0.2) is 9.59 Å². The predicted octanol–water partition coefficient (Wildman–Crippen LogP) is 0.118. The van der Waals surface area contributed by atoms with Gasteiger partial charge < -0.3 is 10.3 Å². The Balaban J connectivity index is 1.82. The average molecular weight is 277 g/mol. The molecule has 1 aliphatic heterocycles. The maximum absolute atomic E-state index is 11.6. The molecule has 0 saturated carbocycles. The number of H-pyrrole nitrogens is 3. The van der Waals surface area contributed by atoms with Crippen LogP contribution < -0.4 is 16.6 Å². The first kappa shape index (κ1) is 13.1. The van der Waals surface area contributed by atoms with Crippen LogP contribution in [-0.4, -0.2) is 33.0 Å². The van der Waals surface area contributed by atoms with Gasteiger partial charge in [0.25, 0.3) is 5.56 Å². The summed E-state index contributed by atoms with van der Waals surface area (Å²) in [7, 11) is 0. The summed E-state index contributed by atoms with van der Waals surface area (Å²) in [5.74, 6) is 1.87. The van der Waals surface area contributed by atoms with Crippen molar-refractivity contribution in [2.45, 2.75) is 26.2 Å². The monoisotopic (exact) mass is 277 g/mol. The van der Waals surface area contributed by atoms with E-state index in [1.165, 1.54) is 12.8 Å². The molecule has 4 N–H and O–H groups in total. The molecule has 2 atom stereocenters. The second-order valence-corrected chi connectivity index (χ2v) is 5.60. The molecule has 1 aliphatic rings. The van der Waals surface area contributed by atoms with Gasteiger partial charge in [-0.2, -0.15) is 0 Å². The van der Waals surface area contributed by atoms with E-state index in [1.807, 2.05) is 0 Å². The second-order valence-electron chi connectivity index (χ2n) is 5.60. The van der Waals surface area contributed by atoms with Crippen LogP contribution in [0, 0.1) is 11.8 Å². The molecule has 0 aromatic carbocycles. The van der Waals surface area contributed by atoms with Gasteiger partial charge >= 0.3 is 5.69 Å². The van der Waals surface area contributed by atoms with E-state index in [0.717, 1.165) is 25.3 Å². The Hall–Kier alpha value is -1.89. The molecular weight excluding hydrogens is 258 g/mol. The lowest BCUT2D eigenvalue weighted by atomic mass is 9.85. The summed E-state index contributed by atoms with van der Waals surface area (Å²) in [6.07, 6.45) is 3.22. The lowest BCUT2D eigenvalue weighted by Crippen LogP contribution is -2.34. The summed E-state index contributed by atoms with van der Waals surface area (Å²) in [6, 6.07) is 0. The van der Waals surface area contributed by atoms with Gasteiger partial charge in [-0.1, -0.05) is 6.92 Å². The molecule has 7 nitrogen and oxygen atoms in total. The first-order valence-corrected chi connectivity index (χ1v) is 7.05. The highest BCUT2D eigenvalue weighted by Crippen LogP contribution is 2.22. The average Bonchev–Trinajstić information content (AvgIpc) is 2.82.